The summed E-state index contributed by atoms with van der Waals surface area (Å²) in [5.41, 5.74) is 2.75. The first-order chi connectivity index (χ1) is 13.4. The zero-order valence-corrected chi connectivity index (χ0v) is 16.4. The summed E-state index contributed by atoms with van der Waals surface area (Å²) in [5, 5.41) is 3.40. The van der Waals surface area contributed by atoms with Crippen LogP contribution in [0.1, 0.15) is 31.3 Å². The molecule has 1 unspecified atom stereocenters. The Morgan fingerprint density at radius 1 is 1.04 bits per heavy atom. The van der Waals surface area contributed by atoms with Gasteiger partial charge in [-0.15, -0.1) is 0 Å². The molecular formula is C22H23N3O3. The molecule has 0 saturated carbocycles. The van der Waals surface area contributed by atoms with Crippen LogP contribution >= 0.6 is 0 Å². The van der Waals surface area contributed by atoms with Gasteiger partial charge in [-0.3, -0.25) is 4.79 Å². The summed E-state index contributed by atoms with van der Waals surface area (Å²) >= 11 is 0. The van der Waals surface area contributed by atoms with Crippen LogP contribution in [0.2, 0.25) is 0 Å². The highest BCUT2D eigenvalue weighted by atomic mass is 16.5. The number of aryl methyl sites for hydroxylation is 1. The smallest absolute Gasteiger partial charge is 0.308 e. The Hall–Kier alpha value is -3.41. The topological polar surface area (TPSA) is 73.3 Å². The first kappa shape index (κ1) is 19.4. The lowest BCUT2D eigenvalue weighted by Gasteiger charge is -2.17. The van der Waals surface area contributed by atoms with Crippen molar-refractivity contribution >= 4 is 11.8 Å². The Labute approximate surface area is 164 Å². The van der Waals surface area contributed by atoms with E-state index in [1.807, 2.05) is 62.4 Å². The van der Waals surface area contributed by atoms with Gasteiger partial charge >= 0.3 is 5.97 Å². The van der Waals surface area contributed by atoms with Crippen LogP contribution < -0.4 is 14.8 Å². The number of ether oxygens (including phenoxy) is 2. The number of rotatable bonds is 6. The Morgan fingerprint density at radius 3 is 2.54 bits per heavy atom. The molecule has 0 saturated heterocycles. The van der Waals surface area contributed by atoms with Crippen molar-refractivity contribution in [3.63, 3.8) is 0 Å². The molecule has 0 radical (unpaired) electrons. The quantitative estimate of drug-likeness (QED) is 0.501. The Bertz CT molecular complexity index is 988. The zero-order valence-electron chi connectivity index (χ0n) is 16.4. The summed E-state index contributed by atoms with van der Waals surface area (Å²) in [4.78, 5) is 20.2. The second kappa shape index (κ2) is 8.52. The summed E-state index contributed by atoms with van der Waals surface area (Å²) < 4.78 is 10.5. The molecule has 1 heterocycles. The van der Waals surface area contributed by atoms with Crippen molar-refractivity contribution < 1.29 is 14.3 Å². The molecule has 1 atom stereocenters. The number of methoxy groups -OCH3 is 1. The van der Waals surface area contributed by atoms with E-state index >= 15 is 0 Å². The van der Waals surface area contributed by atoms with Gasteiger partial charge < -0.3 is 14.8 Å². The van der Waals surface area contributed by atoms with E-state index in [1.165, 1.54) is 6.92 Å². The van der Waals surface area contributed by atoms with Gasteiger partial charge in [-0.25, -0.2) is 9.97 Å². The van der Waals surface area contributed by atoms with Gasteiger partial charge in [-0.2, -0.15) is 0 Å². The van der Waals surface area contributed by atoms with E-state index in [0.29, 0.717) is 11.6 Å². The van der Waals surface area contributed by atoms with E-state index in [1.54, 1.807) is 13.2 Å². The van der Waals surface area contributed by atoms with Gasteiger partial charge in [0.1, 0.15) is 23.1 Å². The van der Waals surface area contributed by atoms with Crippen LogP contribution in [0.15, 0.2) is 54.6 Å². The molecule has 28 heavy (non-hydrogen) atoms. The van der Waals surface area contributed by atoms with E-state index in [9.17, 15) is 4.79 Å². The standard InChI is InChI=1S/C22H23N3O3/c1-14(17-7-5-10-20(11-17)28-16(3)26)23-22-13-21(24-15(2)25-22)18-8-6-9-19(12-18)27-4/h5-14H,1-4H3,(H,23,24,25). The molecule has 0 aliphatic heterocycles. The predicted molar refractivity (Wildman–Crippen MR) is 109 cm³/mol. The normalized spacial score (nSPS) is 11.6. The number of benzene rings is 2. The van der Waals surface area contributed by atoms with Gasteiger partial charge in [0.15, 0.2) is 0 Å². The van der Waals surface area contributed by atoms with E-state index < -0.39 is 0 Å². The third-order valence-electron chi connectivity index (χ3n) is 4.19. The fraction of sp³-hybridized carbons (Fsp3) is 0.227. The van der Waals surface area contributed by atoms with Crippen molar-refractivity contribution in [3.8, 4) is 22.8 Å². The lowest BCUT2D eigenvalue weighted by molar-refractivity contribution is -0.131. The molecular weight excluding hydrogens is 354 g/mol. The van der Waals surface area contributed by atoms with Crippen molar-refractivity contribution in [1.82, 2.24) is 9.97 Å². The van der Waals surface area contributed by atoms with Crippen LogP contribution in [-0.4, -0.2) is 23.0 Å². The number of anilines is 1. The van der Waals surface area contributed by atoms with Gasteiger partial charge in [0.2, 0.25) is 0 Å². The fourth-order valence-corrected chi connectivity index (χ4v) is 2.89. The highest BCUT2D eigenvalue weighted by Crippen LogP contribution is 2.26. The number of carbonyl (C=O) groups excluding carboxylic acids is 1. The molecule has 0 spiro atoms. The minimum atomic E-state index is -0.341. The molecule has 0 aliphatic carbocycles. The Kier molecular flexibility index (Phi) is 5.89. The van der Waals surface area contributed by atoms with Gasteiger partial charge in [0.05, 0.1) is 18.8 Å². The second-order valence-corrected chi connectivity index (χ2v) is 6.45. The fourth-order valence-electron chi connectivity index (χ4n) is 2.89. The maximum absolute atomic E-state index is 11.2. The first-order valence-corrected chi connectivity index (χ1v) is 8.99. The van der Waals surface area contributed by atoms with Crippen LogP contribution in [-0.2, 0) is 4.79 Å². The number of nitrogens with zero attached hydrogens (tertiary/aromatic N) is 2. The van der Waals surface area contributed by atoms with E-state index in [2.05, 4.69) is 15.3 Å². The average Bonchev–Trinajstić information content (AvgIpc) is 2.67. The maximum atomic E-state index is 11.2. The molecule has 0 amide bonds. The molecule has 3 rings (SSSR count). The maximum Gasteiger partial charge on any atom is 0.308 e. The number of carbonyl (C=O) groups is 1. The van der Waals surface area contributed by atoms with E-state index in [-0.39, 0.29) is 12.0 Å². The largest absolute Gasteiger partial charge is 0.497 e. The van der Waals surface area contributed by atoms with Crippen LogP contribution in [0.3, 0.4) is 0 Å². The van der Waals surface area contributed by atoms with Gasteiger partial charge in [-0.1, -0.05) is 24.3 Å². The molecule has 0 aliphatic rings. The third kappa shape index (κ3) is 4.85. The Morgan fingerprint density at radius 2 is 1.79 bits per heavy atom. The molecule has 3 aromatic rings. The van der Waals surface area contributed by atoms with Crippen molar-refractivity contribution in [2.24, 2.45) is 0 Å². The van der Waals surface area contributed by atoms with Crippen molar-refractivity contribution in [2.75, 3.05) is 12.4 Å². The molecule has 1 aromatic heterocycles. The third-order valence-corrected chi connectivity index (χ3v) is 4.19. The van der Waals surface area contributed by atoms with E-state index in [4.69, 9.17) is 9.47 Å². The number of hydrogen-bond donors (Lipinski definition) is 1. The SMILES string of the molecule is COc1cccc(-c2cc(NC(C)c3cccc(OC(C)=O)c3)nc(C)n2)c1. The average molecular weight is 377 g/mol. The van der Waals surface area contributed by atoms with E-state index in [0.717, 1.165) is 28.4 Å². The number of hydrogen-bond acceptors (Lipinski definition) is 6. The minimum absolute atomic E-state index is 0.0389. The molecule has 0 bridgehead atoms. The minimum Gasteiger partial charge on any atom is -0.497 e. The number of esters is 1. The highest BCUT2D eigenvalue weighted by molar-refractivity contribution is 5.69. The number of nitrogens with one attached hydrogen (secondary N) is 1. The molecule has 0 fully saturated rings. The lowest BCUT2D eigenvalue weighted by atomic mass is 10.1. The molecule has 144 valence electrons. The van der Waals surface area contributed by atoms with Crippen molar-refractivity contribution in [2.45, 2.75) is 26.8 Å². The van der Waals surface area contributed by atoms with Crippen LogP contribution in [0.25, 0.3) is 11.3 Å². The predicted octanol–water partition coefficient (Wildman–Crippen LogP) is 4.56. The number of aromatic nitrogens is 2. The summed E-state index contributed by atoms with van der Waals surface area (Å²) in [7, 11) is 1.64. The van der Waals surface area contributed by atoms with Crippen LogP contribution in [0, 0.1) is 6.92 Å². The summed E-state index contributed by atoms with van der Waals surface area (Å²) in [5.74, 6) is 2.35. The molecule has 6 nitrogen and oxygen atoms in total. The summed E-state index contributed by atoms with van der Waals surface area (Å²) in [6.07, 6.45) is 0. The van der Waals surface area contributed by atoms with Crippen LogP contribution in [0.5, 0.6) is 11.5 Å². The molecule has 2 aromatic carbocycles. The monoisotopic (exact) mass is 377 g/mol. The van der Waals surface area contributed by atoms with Crippen molar-refractivity contribution in [3.05, 3.63) is 66.0 Å². The first-order valence-electron chi connectivity index (χ1n) is 8.99. The van der Waals surface area contributed by atoms with Gasteiger partial charge in [-0.05, 0) is 43.7 Å². The van der Waals surface area contributed by atoms with Crippen LogP contribution in [0.4, 0.5) is 5.82 Å². The molecule has 6 heteroatoms. The second-order valence-electron chi connectivity index (χ2n) is 6.45. The summed E-state index contributed by atoms with van der Waals surface area (Å²) in [6, 6.07) is 17.1. The highest BCUT2D eigenvalue weighted by Gasteiger charge is 2.11. The Balaban J connectivity index is 1.84. The zero-order chi connectivity index (χ0) is 20.1. The van der Waals surface area contributed by atoms with Gasteiger partial charge in [0.25, 0.3) is 0 Å². The van der Waals surface area contributed by atoms with Crippen molar-refractivity contribution in [1.29, 1.82) is 0 Å². The summed E-state index contributed by atoms with van der Waals surface area (Å²) in [6.45, 7) is 5.27. The lowest BCUT2D eigenvalue weighted by Crippen LogP contribution is -2.10. The van der Waals surface area contributed by atoms with Gasteiger partial charge in [0, 0.05) is 18.6 Å². The molecule has 1 N–H and O–H groups in total.